The molecule has 0 amide bonds. The van der Waals surface area contributed by atoms with Crippen LogP contribution in [0.1, 0.15) is 26.2 Å². The first-order valence-corrected chi connectivity index (χ1v) is 7.98. The molecule has 3 atom stereocenters. The van der Waals surface area contributed by atoms with Crippen molar-refractivity contribution in [1.29, 1.82) is 0 Å². The summed E-state index contributed by atoms with van der Waals surface area (Å²) in [6.45, 7) is 2.22. The molecule has 1 heterocycles. The fraction of sp³-hybridized carbons (Fsp3) is 0.438. The number of para-hydroxylation sites is 1. The smallest absolute Gasteiger partial charge is 0.307 e. The molecular formula is C16H19NO2S. The highest BCUT2D eigenvalue weighted by molar-refractivity contribution is 7.99. The highest BCUT2D eigenvalue weighted by Crippen LogP contribution is 2.40. The third-order valence-electron chi connectivity index (χ3n) is 4.15. The second-order valence-electron chi connectivity index (χ2n) is 5.74. The molecule has 1 aromatic carbocycles. The Labute approximate surface area is 122 Å². The number of hydrogen-bond donors (Lipinski definition) is 2. The van der Waals surface area contributed by atoms with Crippen molar-refractivity contribution in [2.45, 2.75) is 36.5 Å². The van der Waals surface area contributed by atoms with E-state index < -0.39 is 5.97 Å². The lowest BCUT2D eigenvalue weighted by Gasteiger charge is -2.31. The van der Waals surface area contributed by atoms with Crippen molar-refractivity contribution in [3.05, 3.63) is 30.3 Å². The van der Waals surface area contributed by atoms with Crippen molar-refractivity contribution in [1.82, 2.24) is 4.98 Å². The molecule has 3 rings (SSSR count). The van der Waals surface area contributed by atoms with Crippen LogP contribution in [0.5, 0.6) is 0 Å². The van der Waals surface area contributed by atoms with Gasteiger partial charge in [-0.25, -0.2) is 0 Å². The van der Waals surface area contributed by atoms with E-state index in [0.717, 1.165) is 29.8 Å². The van der Waals surface area contributed by atoms with Crippen LogP contribution in [0.25, 0.3) is 10.9 Å². The van der Waals surface area contributed by atoms with Gasteiger partial charge in [-0.1, -0.05) is 25.1 Å². The Balaban J connectivity index is 1.81. The highest BCUT2D eigenvalue weighted by Gasteiger charge is 2.34. The molecule has 1 aliphatic rings. The molecule has 0 radical (unpaired) electrons. The topological polar surface area (TPSA) is 53.1 Å². The Morgan fingerprint density at radius 2 is 2.15 bits per heavy atom. The molecule has 3 nitrogen and oxygen atoms in total. The van der Waals surface area contributed by atoms with Crippen LogP contribution in [-0.2, 0) is 4.79 Å². The fourth-order valence-corrected chi connectivity index (χ4v) is 4.55. The number of carboxylic acid groups (broad SMARTS) is 1. The summed E-state index contributed by atoms with van der Waals surface area (Å²) in [5.74, 6) is -0.249. The van der Waals surface area contributed by atoms with Gasteiger partial charge in [-0.15, -0.1) is 11.8 Å². The lowest BCUT2D eigenvalue weighted by molar-refractivity contribution is -0.142. The van der Waals surface area contributed by atoms with Gasteiger partial charge in [0.15, 0.2) is 0 Å². The molecule has 106 valence electrons. The van der Waals surface area contributed by atoms with Gasteiger partial charge in [-0.05, 0) is 37.3 Å². The second-order valence-corrected chi connectivity index (χ2v) is 7.02. The van der Waals surface area contributed by atoms with E-state index in [-0.39, 0.29) is 11.2 Å². The first-order chi connectivity index (χ1) is 9.63. The summed E-state index contributed by atoms with van der Waals surface area (Å²) in [5.41, 5.74) is 1.12. The number of H-pyrrole nitrogens is 1. The Morgan fingerprint density at radius 1 is 1.35 bits per heavy atom. The van der Waals surface area contributed by atoms with E-state index in [1.165, 1.54) is 5.39 Å². The van der Waals surface area contributed by atoms with Crippen LogP contribution in [-0.4, -0.2) is 21.3 Å². The van der Waals surface area contributed by atoms with Crippen molar-refractivity contribution in [3.8, 4) is 0 Å². The van der Waals surface area contributed by atoms with E-state index in [1.54, 1.807) is 11.8 Å². The normalized spacial score (nSPS) is 26.8. The predicted octanol–water partition coefficient (Wildman–Crippen LogP) is 4.15. The molecule has 1 fully saturated rings. The molecule has 2 aromatic rings. The molecule has 0 saturated heterocycles. The summed E-state index contributed by atoms with van der Waals surface area (Å²) in [6, 6.07) is 10.3. The van der Waals surface area contributed by atoms with E-state index in [0.29, 0.717) is 5.92 Å². The molecule has 0 spiro atoms. The van der Waals surface area contributed by atoms with Gasteiger partial charge in [0.25, 0.3) is 0 Å². The zero-order valence-electron chi connectivity index (χ0n) is 11.5. The summed E-state index contributed by atoms with van der Waals surface area (Å²) in [4.78, 5) is 14.8. The van der Waals surface area contributed by atoms with Gasteiger partial charge >= 0.3 is 5.97 Å². The van der Waals surface area contributed by atoms with Gasteiger partial charge in [0.1, 0.15) is 0 Å². The van der Waals surface area contributed by atoms with Gasteiger partial charge in [0.2, 0.25) is 0 Å². The molecule has 1 aliphatic carbocycles. The summed E-state index contributed by atoms with van der Waals surface area (Å²) in [5, 5.41) is 11.8. The van der Waals surface area contributed by atoms with Crippen LogP contribution in [0.4, 0.5) is 0 Å². The molecule has 0 bridgehead atoms. The second kappa shape index (κ2) is 5.52. The summed E-state index contributed by atoms with van der Waals surface area (Å²) in [6.07, 6.45) is 2.81. The first-order valence-electron chi connectivity index (χ1n) is 7.10. The van der Waals surface area contributed by atoms with Gasteiger partial charge in [-0.3, -0.25) is 4.79 Å². The van der Waals surface area contributed by atoms with Gasteiger partial charge in [0, 0.05) is 16.2 Å². The number of hydrogen-bond acceptors (Lipinski definition) is 2. The zero-order valence-corrected chi connectivity index (χ0v) is 12.3. The molecule has 3 unspecified atom stereocenters. The Kier molecular flexibility index (Phi) is 3.74. The van der Waals surface area contributed by atoms with Crippen molar-refractivity contribution in [2.24, 2.45) is 11.8 Å². The fourth-order valence-electron chi connectivity index (χ4n) is 3.01. The van der Waals surface area contributed by atoms with E-state index in [9.17, 15) is 9.90 Å². The van der Waals surface area contributed by atoms with E-state index >= 15 is 0 Å². The lowest BCUT2D eigenvalue weighted by Crippen LogP contribution is -2.32. The van der Waals surface area contributed by atoms with Crippen molar-refractivity contribution in [3.63, 3.8) is 0 Å². The van der Waals surface area contributed by atoms with Crippen molar-refractivity contribution >= 4 is 28.6 Å². The number of carbonyl (C=O) groups is 1. The molecule has 0 aliphatic heterocycles. The number of carboxylic acids is 1. The lowest BCUT2D eigenvalue weighted by atomic mass is 9.82. The number of aliphatic carboxylic acids is 1. The Hall–Kier alpha value is -1.42. The maximum atomic E-state index is 11.4. The van der Waals surface area contributed by atoms with Gasteiger partial charge < -0.3 is 10.1 Å². The maximum absolute atomic E-state index is 11.4. The van der Waals surface area contributed by atoms with Gasteiger partial charge in [0.05, 0.1) is 10.9 Å². The highest BCUT2D eigenvalue weighted by atomic mass is 32.2. The maximum Gasteiger partial charge on any atom is 0.307 e. The number of nitrogens with one attached hydrogen (secondary N) is 1. The van der Waals surface area contributed by atoms with E-state index in [2.05, 4.69) is 30.1 Å². The summed E-state index contributed by atoms with van der Waals surface area (Å²) < 4.78 is 0. The largest absolute Gasteiger partial charge is 0.481 e. The monoisotopic (exact) mass is 289 g/mol. The van der Waals surface area contributed by atoms with Gasteiger partial charge in [-0.2, -0.15) is 0 Å². The number of aromatic nitrogens is 1. The van der Waals surface area contributed by atoms with Crippen LogP contribution in [0.2, 0.25) is 0 Å². The minimum absolute atomic E-state index is 0.171. The molecule has 2 N–H and O–H groups in total. The van der Waals surface area contributed by atoms with E-state index in [4.69, 9.17) is 0 Å². The van der Waals surface area contributed by atoms with Crippen LogP contribution in [0.15, 0.2) is 35.4 Å². The minimum Gasteiger partial charge on any atom is -0.481 e. The number of benzene rings is 1. The SMILES string of the molecule is CC1CCC(C(=O)O)C(Sc2cc3ccccc3[nH]2)C1. The summed E-state index contributed by atoms with van der Waals surface area (Å²) >= 11 is 1.69. The van der Waals surface area contributed by atoms with Crippen molar-refractivity contribution < 1.29 is 9.90 Å². The van der Waals surface area contributed by atoms with Crippen LogP contribution in [0.3, 0.4) is 0 Å². The molecule has 20 heavy (non-hydrogen) atoms. The third kappa shape index (κ3) is 2.70. The molecule has 1 saturated carbocycles. The van der Waals surface area contributed by atoms with Crippen molar-refractivity contribution in [2.75, 3.05) is 0 Å². The number of thioether (sulfide) groups is 1. The zero-order chi connectivity index (χ0) is 14.1. The number of rotatable bonds is 3. The predicted molar refractivity (Wildman–Crippen MR) is 82.1 cm³/mol. The van der Waals surface area contributed by atoms with Crippen LogP contribution in [0, 0.1) is 11.8 Å². The molecule has 1 aromatic heterocycles. The molecular weight excluding hydrogens is 270 g/mol. The first kappa shape index (κ1) is 13.6. The van der Waals surface area contributed by atoms with Crippen LogP contribution >= 0.6 is 11.8 Å². The summed E-state index contributed by atoms with van der Waals surface area (Å²) in [7, 11) is 0. The van der Waals surface area contributed by atoms with Crippen LogP contribution < -0.4 is 0 Å². The quantitative estimate of drug-likeness (QED) is 0.892. The molecule has 4 heteroatoms. The van der Waals surface area contributed by atoms with E-state index in [1.807, 2.05) is 12.1 Å². The Bertz CT molecular complexity index is 589. The minimum atomic E-state index is -0.648. The number of aromatic amines is 1. The average Bonchev–Trinajstić information content (AvgIpc) is 2.80. The standard InChI is InChI=1S/C16H19NO2S/c1-10-6-7-12(16(18)19)14(8-10)20-15-9-11-4-2-3-5-13(11)17-15/h2-5,9-10,12,14,17H,6-8H2,1H3,(H,18,19). The number of fused-ring (bicyclic) bond motifs is 1. The third-order valence-corrected chi connectivity index (χ3v) is 5.45. The average molecular weight is 289 g/mol. The Morgan fingerprint density at radius 3 is 2.90 bits per heavy atom.